The van der Waals surface area contributed by atoms with E-state index in [1.54, 1.807) is 13.8 Å². The van der Waals surface area contributed by atoms with E-state index in [0.29, 0.717) is 37.9 Å². The number of carbonyl (C=O) groups is 4. The maximum atomic E-state index is 10.4. The van der Waals surface area contributed by atoms with Crippen molar-refractivity contribution in [2.24, 2.45) is 23.7 Å². The zero-order chi connectivity index (χ0) is 29.1. The van der Waals surface area contributed by atoms with E-state index in [1.807, 2.05) is 0 Å². The molecule has 9 heteroatoms. The largest absolute Gasteiger partial charge is 2.00 e. The van der Waals surface area contributed by atoms with Crippen molar-refractivity contribution in [3.05, 3.63) is 0 Å². The van der Waals surface area contributed by atoms with Crippen molar-refractivity contribution in [3.63, 3.8) is 0 Å². The van der Waals surface area contributed by atoms with Crippen LogP contribution in [-0.4, -0.2) is 46.9 Å². The maximum absolute atomic E-state index is 10.4. The van der Waals surface area contributed by atoms with E-state index < -0.39 is 23.8 Å². The van der Waals surface area contributed by atoms with Crippen molar-refractivity contribution in [2.75, 3.05) is 13.2 Å². The van der Waals surface area contributed by atoms with E-state index >= 15 is 0 Å². The van der Waals surface area contributed by atoms with Gasteiger partial charge in [-0.1, -0.05) is 80.1 Å². The first kappa shape index (κ1) is 46.0. The molecule has 0 amide bonds. The van der Waals surface area contributed by atoms with Gasteiger partial charge in [0.15, 0.2) is 0 Å². The van der Waals surface area contributed by atoms with Gasteiger partial charge < -0.3 is 30.0 Å². The number of hydrogen-bond acceptors (Lipinski definition) is 8. The summed E-state index contributed by atoms with van der Waals surface area (Å²) in [6, 6.07) is 0. The summed E-state index contributed by atoms with van der Waals surface area (Å²) in [6.07, 6.45) is 10.3. The summed E-state index contributed by atoms with van der Waals surface area (Å²) in [4.78, 5) is 40.9. The Hall–Kier alpha value is -0.917. The number of Topliss-reactive ketones (excluding diaryl/α,β-unsaturated/α-hetero) is 2. The van der Waals surface area contributed by atoms with Crippen LogP contribution in [0.1, 0.15) is 120 Å². The van der Waals surface area contributed by atoms with Gasteiger partial charge in [-0.25, -0.2) is 0 Å². The number of aliphatic hydroxyl groups excluding tert-OH is 2. The second kappa shape index (κ2) is 33.1. The van der Waals surface area contributed by atoms with Crippen molar-refractivity contribution >= 4 is 23.5 Å². The summed E-state index contributed by atoms with van der Waals surface area (Å²) in [6.45, 7) is 15.2. The molecule has 37 heavy (non-hydrogen) atoms. The Bertz CT molecular complexity index is 470. The van der Waals surface area contributed by atoms with Crippen LogP contribution >= 0.6 is 0 Å². The summed E-state index contributed by atoms with van der Waals surface area (Å²) in [5, 5.41) is 37.6. The van der Waals surface area contributed by atoms with E-state index in [4.69, 9.17) is 10.2 Å². The molecule has 0 fully saturated rings. The third-order valence-corrected chi connectivity index (χ3v) is 5.97. The van der Waals surface area contributed by atoms with Crippen LogP contribution in [0.5, 0.6) is 0 Å². The van der Waals surface area contributed by atoms with Gasteiger partial charge in [0, 0.05) is 13.2 Å². The molecule has 0 spiro atoms. The quantitative estimate of drug-likeness (QED) is 0.253. The third kappa shape index (κ3) is 31.2. The van der Waals surface area contributed by atoms with Gasteiger partial charge in [-0.2, -0.15) is 0 Å². The number of aliphatic hydroxyl groups is 2. The van der Waals surface area contributed by atoms with Crippen molar-refractivity contribution in [1.82, 2.24) is 0 Å². The minimum absolute atomic E-state index is 0. The molecule has 0 aromatic heterocycles. The molecule has 0 saturated carbocycles. The molecule has 8 nitrogen and oxygen atoms in total. The number of carboxylic acid groups (broad SMARTS) is 2. The van der Waals surface area contributed by atoms with Gasteiger partial charge in [-0.05, 0) is 51.4 Å². The van der Waals surface area contributed by atoms with Crippen LogP contribution in [0, 0.1) is 23.7 Å². The zero-order valence-electron chi connectivity index (χ0n) is 24.6. The number of unbranched alkanes of at least 4 members (excludes halogenated alkanes) is 2. The fourth-order valence-corrected chi connectivity index (χ4v) is 3.07. The van der Waals surface area contributed by atoms with Gasteiger partial charge in [0.2, 0.25) is 0 Å². The van der Waals surface area contributed by atoms with Crippen LogP contribution in [0.15, 0.2) is 0 Å². The van der Waals surface area contributed by atoms with E-state index in [2.05, 4.69) is 27.7 Å². The standard InChI is InChI=1S/2C8H18O.2C6H10O3.Zr/c2*1-3-5-6-8(4-2)7-9;2*1-3-5(4(2)7)6(8)9;/h2*8-9H,3-7H2,1-2H3;2*5H,3H2,1-2H3,(H,8,9);/q;;;;+2/p-2. The summed E-state index contributed by atoms with van der Waals surface area (Å²) in [7, 11) is 0. The van der Waals surface area contributed by atoms with Crippen LogP contribution in [0.25, 0.3) is 0 Å². The van der Waals surface area contributed by atoms with Crippen LogP contribution in [-0.2, 0) is 45.4 Å². The number of carboxylic acids is 2. The van der Waals surface area contributed by atoms with Crippen LogP contribution in [0.3, 0.4) is 0 Å². The molecular formula is C28H54O8Zr. The van der Waals surface area contributed by atoms with Crippen molar-refractivity contribution in [3.8, 4) is 0 Å². The fourth-order valence-electron chi connectivity index (χ4n) is 3.07. The second-order valence-corrected chi connectivity index (χ2v) is 8.98. The molecular weight excluding hydrogens is 556 g/mol. The Morgan fingerprint density at radius 2 is 0.865 bits per heavy atom. The Morgan fingerprint density at radius 1 is 0.595 bits per heavy atom. The third-order valence-electron chi connectivity index (χ3n) is 5.97. The molecule has 0 heterocycles. The van der Waals surface area contributed by atoms with Crippen molar-refractivity contribution in [1.29, 1.82) is 0 Å². The average molecular weight is 610 g/mol. The van der Waals surface area contributed by atoms with Gasteiger partial charge in [0.05, 0.1) is 23.8 Å². The zero-order valence-corrected chi connectivity index (χ0v) is 27.1. The predicted molar refractivity (Wildman–Crippen MR) is 140 cm³/mol. The maximum Gasteiger partial charge on any atom is 2.00 e. The van der Waals surface area contributed by atoms with Crippen LogP contribution in [0.4, 0.5) is 0 Å². The Labute approximate surface area is 245 Å². The van der Waals surface area contributed by atoms with Gasteiger partial charge in [0.25, 0.3) is 0 Å². The molecule has 0 rings (SSSR count). The molecule has 0 aliphatic carbocycles. The minimum atomic E-state index is -1.27. The SMILES string of the molecule is CCC(C(C)=O)C(=O)[O-].CCC(C(C)=O)C(=O)[O-].CCCCC(CC)CO.CCCCC(CC)CO.[Zr+2]. The van der Waals surface area contributed by atoms with E-state index in [1.165, 1.54) is 52.4 Å². The van der Waals surface area contributed by atoms with E-state index in [9.17, 15) is 29.4 Å². The number of ketones is 2. The average Bonchev–Trinajstić information content (AvgIpc) is 2.81. The molecule has 2 N–H and O–H groups in total. The summed E-state index contributed by atoms with van der Waals surface area (Å²) in [5.74, 6) is -3.92. The molecule has 0 bridgehead atoms. The molecule has 4 atom stereocenters. The monoisotopic (exact) mass is 608 g/mol. The number of aliphatic carboxylic acids is 2. The summed E-state index contributed by atoms with van der Waals surface area (Å²) < 4.78 is 0. The van der Waals surface area contributed by atoms with Crippen molar-refractivity contribution < 1.29 is 65.8 Å². The minimum Gasteiger partial charge on any atom is -0.549 e. The summed E-state index contributed by atoms with van der Waals surface area (Å²) >= 11 is 0. The first-order chi connectivity index (χ1) is 16.9. The molecule has 0 aromatic carbocycles. The van der Waals surface area contributed by atoms with Gasteiger partial charge >= 0.3 is 26.2 Å². The smallest absolute Gasteiger partial charge is 0.549 e. The molecule has 218 valence electrons. The number of rotatable bonds is 16. The second-order valence-electron chi connectivity index (χ2n) is 8.98. The molecule has 0 aromatic rings. The Kier molecular flexibility index (Phi) is 41.1. The first-order valence-electron chi connectivity index (χ1n) is 13.5. The van der Waals surface area contributed by atoms with Gasteiger partial charge in [0.1, 0.15) is 11.6 Å². The van der Waals surface area contributed by atoms with Crippen LogP contribution < -0.4 is 10.2 Å². The molecule has 0 radical (unpaired) electrons. The fraction of sp³-hybridized carbons (Fsp3) is 0.857. The van der Waals surface area contributed by atoms with Crippen LogP contribution in [0.2, 0.25) is 0 Å². The topological polar surface area (TPSA) is 155 Å². The van der Waals surface area contributed by atoms with Crippen molar-refractivity contribution in [2.45, 2.75) is 120 Å². The number of carbonyl (C=O) groups excluding carboxylic acids is 4. The van der Waals surface area contributed by atoms with E-state index in [-0.39, 0.29) is 37.8 Å². The van der Waals surface area contributed by atoms with Gasteiger partial charge in [-0.3, -0.25) is 9.59 Å². The normalized spacial score (nSPS) is 12.8. The predicted octanol–water partition coefficient (Wildman–Crippen LogP) is 3.09. The Morgan fingerprint density at radius 3 is 0.946 bits per heavy atom. The number of hydrogen-bond donors (Lipinski definition) is 2. The molecule has 0 aliphatic rings. The Balaban J connectivity index is -0.000000122. The van der Waals surface area contributed by atoms with Gasteiger partial charge in [-0.15, -0.1) is 0 Å². The molecule has 0 aliphatic heterocycles. The first-order valence-corrected chi connectivity index (χ1v) is 13.5. The molecule has 0 saturated heterocycles. The molecule has 4 unspecified atom stereocenters. The summed E-state index contributed by atoms with van der Waals surface area (Å²) in [5.41, 5.74) is 0. The van der Waals surface area contributed by atoms with E-state index in [0.717, 1.165) is 12.8 Å².